The number of pyridine rings is 1. The van der Waals surface area contributed by atoms with E-state index in [1.165, 1.54) is 18.3 Å². The van der Waals surface area contributed by atoms with Crippen molar-refractivity contribution in [1.82, 2.24) is 10.4 Å². The molecule has 0 atom stereocenters. The lowest BCUT2D eigenvalue weighted by Gasteiger charge is -2.04. The number of hydrazone groups is 1. The molecule has 2 rings (SSSR count). The lowest BCUT2D eigenvalue weighted by atomic mass is 10.2. The first-order valence-corrected chi connectivity index (χ1v) is 6.65. The van der Waals surface area contributed by atoms with E-state index in [-0.39, 0.29) is 18.0 Å². The summed E-state index contributed by atoms with van der Waals surface area (Å²) in [5.41, 5.74) is 2.80. The molecule has 120 valence electrons. The number of aromatic nitrogens is 1. The Labute approximate surface area is 136 Å². The highest BCUT2D eigenvalue weighted by atomic mass is 16.6. The number of nitrogens with one attached hydrogen (secondary N) is 1. The van der Waals surface area contributed by atoms with E-state index in [0.717, 1.165) is 6.20 Å². The van der Waals surface area contributed by atoms with Gasteiger partial charge in [-0.15, -0.1) is 0 Å². The van der Waals surface area contributed by atoms with Crippen LogP contribution in [-0.4, -0.2) is 22.0 Å². The Morgan fingerprint density at radius 2 is 2.12 bits per heavy atom. The van der Waals surface area contributed by atoms with Gasteiger partial charge in [-0.3, -0.25) is 14.9 Å². The van der Waals surface area contributed by atoms with Crippen LogP contribution in [0.15, 0.2) is 47.7 Å². The van der Waals surface area contributed by atoms with Crippen molar-refractivity contribution in [2.75, 3.05) is 0 Å². The van der Waals surface area contributed by atoms with Crippen molar-refractivity contribution in [3.63, 3.8) is 0 Å². The van der Waals surface area contributed by atoms with Crippen LogP contribution in [0.4, 0.5) is 5.69 Å². The third-order valence-electron chi connectivity index (χ3n) is 2.68. The zero-order valence-electron chi connectivity index (χ0n) is 12.2. The van der Waals surface area contributed by atoms with Crippen molar-refractivity contribution in [3.8, 4) is 17.7 Å². The van der Waals surface area contributed by atoms with E-state index in [4.69, 9.17) is 10.00 Å². The Hall–Kier alpha value is -3.80. The summed E-state index contributed by atoms with van der Waals surface area (Å²) in [5, 5.41) is 22.6. The first kappa shape index (κ1) is 16.6. The molecule has 0 saturated heterocycles. The predicted molar refractivity (Wildman–Crippen MR) is 83.4 cm³/mol. The minimum atomic E-state index is -0.541. The monoisotopic (exact) mass is 325 g/mol. The normalized spacial score (nSPS) is 10.1. The number of benzene rings is 1. The summed E-state index contributed by atoms with van der Waals surface area (Å²) in [6.45, 7) is 0. The Morgan fingerprint density at radius 1 is 1.38 bits per heavy atom. The van der Waals surface area contributed by atoms with Crippen molar-refractivity contribution in [2.24, 2.45) is 5.10 Å². The van der Waals surface area contributed by atoms with Gasteiger partial charge in [0.15, 0.2) is 0 Å². The lowest BCUT2D eigenvalue weighted by Crippen LogP contribution is -2.16. The number of ether oxygens (including phenoxy) is 1. The van der Waals surface area contributed by atoms with Gasteiger partial charge >= 0.3 is 0 Å². The quantitative estimate of drug-likeness (QED) is 0.492. The molecule has 9 heteroatoms. The highest BCUT2D eigenvalue weighted by Gasteiger charge is 2.06. The van der Waals surface area contributed by atoms with Gasteiger partial charge in [0.05, 0.1) is 17.2 Å². The summed E-state index contributed by atoms with van der Waals surface area (Å²) in [4.78, 5) is 24.9. The molecule has 0 aliphatic heterocycles. The highest BCUT2D eigenvalue weighted by molar-refractivity contribution is 5.83. The summed E-state index contributed by atoms with van der Waals surface area (Å²) < 4.78 is 5.46. The van der Waals surface area contributed by atoms with Crippen LogP contribution in [0.5, 0.6) is 11.6 Å². The molecule has 1 heterocycles. The highest BCUT2D eigenvalue weighted by Crippen LogP contribution is 2.21. The predicted octanol–water partition coefficient (Wildman–Crippen LogP) is 2.15. The van der Waals surface area contributed by atoms with Crippen LogP contribution < -0.4 is 10.2 Å². The second kappa shape index (κ2) is 8.00. The van der Waals surface area contributed by atoms with Crippen molar-refractivity contribution in [1.29, 1.82) is 5.26 Å². The lowest BCUT2D eigenvalue weighted by molar-refractivity contribution is -0.385. The topological polar surface area (TPSA) is 131 Å². The maximum Gasteiger partial charge on any atom is 0.287 e. The third kappa shape index (κ3) is 4.88. The van der Waals surface area contributed by atoms with Crippen LogP contribution in [0.2, 0.25) is 0 Å². The maximum absolute atomic E-state index is 11.0. The van der Waals surface area contributed by atoms with Crippen LogP contribution in [0.3, 0.4) is 0 Å². The zero-order valence-corrected chi connectivity index (χ0v) is 12.2. The first-order chi connectivity index (χ1) is 11.6. The molecule has 0 unspecified atom stereocenters. The van der Waals surface area contributed by atoms with Crippen LogP contribution in [-0.2, 0) is 4.79 Å². The summed E-state index contributed by atoms with van der Waals surface area (Å²) in [7, 11) is 0. The Kier molecular flexibility index (Phi) is 5.52. The molecular weight excluding hydrogens is 314 g/mol. The molecule has 0 fully saturated rings. The van der Waals surface area contributed by atoms with E-state index in [2.05, 4.69) is 15.5 Å². The molecule has 0 spiro atoms. The number of hydrogen-bond donors (Lipinski definition) is 1. The molecule has 2 aromatic rings. The number of hydrogen-bond acceptors (Lipinski definition) is 7. The average molecular weight is 325 g/mol. The van der Waals surface area contributed by atoms with Gasteiger partial charge in [-0.2, -0.15) is 10.4 Å². The van der Waals surface area contributed by atoms with E-state index in [1.807, 2.05) is 0 Å². The number of carbonyl (C=O) groups excluding carboxylic acids is 1. The number of carbonyl (C=O) groups is 1. The third-order valence-corrected chi connectivity index (χ3v) is 2.68. The summed E-state index contributed by atoms with van der Waals surface area (Å²) >= 11 is 0. The van der Waals surface area contributed by atoms with Crippen LogP contribution in [0, 0.1) is 21.4 Å². The van der Waals surface area contributed by atoms with Crippen LogP contribution >= 0.6 is 0 Å². The molecule has 1 N–H and O–H groups in total. The van der Waals surface area contributed by atoms with Crippen molar-refractivity contribution >= 4 is 17.8 Å². The van der Waals surface area contributed by atoms with Crippen molar-refractivity contribution in [2.45, 2.75) is 6.42 Å². The van der Waals surface area contributed by atoms with E-state index in [9.17, 15) is 14.9 Å². The van der Waals surface area contributed by atoms with Gasteiger partial charge < -0.3 is 4.74 Å². The van der Waals surface area contributed by atoms with E-state index < -0.39 is 10.8 Å². The molecule has 0 aliphatic carbocycles. The zero-order chi connectivity index (χ0) is 17.4. The fraction of sp³-hybridized carbons (Fsp3) is 0.0667. The molecule has 1 aromatic carbocycles. The van der Waals surface area contributed by atoms with E-state index in [1.54, 1.807) is 30.3 Å². The average Bonchev–Trinajstić information content (AvgIpc) is 2.57. The van der Waals surface area contributed by atoms with Crippen molar-refractivity contribution < 1.29 is 14.5 Å². The largest absolute Gasteiger partial charge is 0.439 e. The Bertz CT molecular complexity index is 794. The number of nitro groups is 1. The van der Waals surface area contributed by atoms with Gasteiger partial charge in [-0.1, -0.05) is 0 Å². The molecule has 0 radical (unpaired) electrons. The van der Waals surface area contributed by atoms with Crippen LogP contribution in [0.25, 0.3) is 0 Å². The molecule has 24 heavy (non-hydrogen) atoms. The smallest absolute Gasteiger partial charge is 0.287 e. The van der Waals surface area contributed by atoms with Gasteiger partial charge in [0, 0.05) is 12.1 Å². The first-order valence-electron chi connectivity index (χ1n) is 6.65. The van der Waals surface area contributed by atoms with Gasteiger partial charge in [0.25, 0.3) is 11.6 Å². The standard InChI is InChI=1S/C15H11N5O4/c16-8-7-14(21)19-18-9-11-1-4-13(5-2-11)24-15-6-3-12(10-17-15)20(22)23/h1-6,9-10H,7H2,(H,19,21). The molecular formula is C15H11N5O4. The number of nitriles is 1. The molecule has 9 nitrogen and oxygen atoms in total. The SMILES string of the molecule is N#CCC(=O)NN=Cc1ccc(Oc2ccc([N+](=O)[O-])cn2)cc1. The molecule has 0 aliphatic rings. The summed E-state index contributed by atoms with van der Waals surface area (Å²) in [5.74, 6) is 0.228. The maximum atomic E-state index is 11.0. The van der Waals surface area contributed by atoms with Crippen LogP contribution in [0.1, 0.15) is 12.0 Å². The number of rotatable bonds is 6. The van der Waals surface area contributed by atoms with Gasteiger partial charge in [-0.25, -0.2) is 10.4 Å². The number of nitrogens with zero attached hydrogens (tertiary/aromatic N) is 4. The Balaban J connectivity index is 1.94. The fourth-order valence-electron chi connectivity index (χ4n) is 1.57. The second-order valence-corrected chi connectivity index (χ2v) is 4.41. The van der Waals surface area contributed by atoms with Crippen molar-refractivity contribution in [3.05, 3.63) is 58.3 Å². The number of amides is 1. The summed E-state index contributed by atoms with van der Waals surface area (Å²) in [6, 6.07) is 11.1. The molecule has 1 aromatic heterocycles. The summed E-state index contributed by atoms with van der Waals surface area (Å²) in [6.07, 6.45) is 2.27. The minimum absolute atomic E-state index is 0.118. The van der Waals surface area contributed by atoms with E-state index >= 15 is 0 Å². The second-order valence-electron chi connectivity index (χ2n) is 4.41. The molecule has 0 saturated carbocycles. The van der Waals surface area contributed by atoms with Gasteiger partial charge in [0.2, 0.25) is 5.88 Å². The molecule has 0 bridgehead atoms. The molecule has 1 amide bonds. The van der Waals surface area contributed by atoms with Gasteiger partial charge in [-0.05, 0) is 29.8 Å². The van der Waals surface area contributed by atoms with E-state index in [0.29, 0.717) is 11.3 Å². The fourth-order valence-corrected chi connectivity index (χ4v) is 1.57. The van der Waals surface area contributed by atoms with Gasteiger partial charge in [0.1, 0.15) is 18.4 Å². The Morgan fingerprint density at radius 3 is 2.71 bits per heavy atom. The minimum Gasteiger partial charge on any atom is -0.439 e.